The van der Waals surface area contributed by atoms with Gasteiger partial charge in [0.25, 0.3) is 0 Å². The number of rotatable bonds is 3. The van der Waals surface area contributed by atoms with Crippen LogP contribution in [-0.2, 0) is 16.1 Å². The van der Waals surface area contributed by atoms with Crippen LogP contribution in [0, 0.1) is 11.7 Å². The number of likely N-dealkylation sites (tertiary alicyclic amines) is 1. The number of ether oxygens (including phenoxy) is 1. The fraction of sp³-hybridized carbons (Fsp3) is 0.462. The smallest absolute Gasteiger partial charge is 0.310 e. The second kappa shape index (κ2) is 5.80. The van der Waals surface area contributed by atoms with Crippen LogP contribution in [0.25, 0.3) is 0 Å². The van der Waals surface area contributed by atoms with Crippen LogP contribution in [-0.4, -0.2) is 31.1 Å². The van der Waals surface area contributed by atoms with Crippen LogP contribution in [0.4, 0.5) is 4.39 Å². The van der Waals surface area contributed by atoms with Gasteiger partial charge in [-0.2, -0.15) is 0 Å². The van der Waals surface area contributed by atoms with Crippen LogP contribution >= 0.6 is 15.9 Å². The quantitative estimate of drug-likeness (QED) is 0.803. The van der Waals surface area contributed by atoms with Crippen molar-refractivity contribution in [2.24, 2.45) is 5.92 Å². The van der Waals surface area contributed by atoms with E-state index in [9.17, 15) is 9.18 Å². The third-order valence-corrected chi connectivity index (χ3v) is 4.12. The van der Waals surface area contributed by atoms with E-state index in [1.165, 1.54) is 13.2 Å². The number of hydrogen-bond acceptors (Lipinski definition) is 3. The minimum Gasteiger partial charge on any atom is -0.469 e. The van der Waals surface area contributed by atoms with Gasteiger partial charge in [-0.3, -0.25) is 9.69 Å². The molecule has 1 aromatic carbocycles. The van der Waals surface area contributed by atoms with E-state index in [0.717, 1.165) is 18.5 Å². The molecular weight excluding hydrogens is 301 g/mol. The number of carbonyl (C=O) groups is 1. The number of halogens is 2. The second-order valence-corrected chi connectivity index (χ2v) is 5.25. The zero-order valence-electron chi connectivity index (χ0n) is 10.2. The predicted octanol–water partition coefficient (Wildman–Crippen LogP) is 2.58. The van der Waals surface area contributed by atoms with Crippen molar-refractivity contribution in [3.63, 3.8) is 0 Å². The van der Waals surface area contributed by atoms with Crippen LogP contribution in [0.5, 0.6) is 0 Å². The highest BCUT2D eigenvalue weighted by atomic mass is 79.9. The average molecular weight is 316 g/mol. The molecule has 0 bridgehead atoms. The summed E-state index contributed by atoms with van der Waals surface area (Å²) in [6, 6.07) is 5.01. The van der Waals surface area contributed by atoms with Gasteiger partial charge < -0.3 is 4.74 Å². The van der Waals surface area contributed by atoms with Crippen molar-refractivity contribution in [1.29, 1.82) is 0 Å². The zero-order valence-corrected chi connectivity index (χ0v) is 11.7. The first kappa shape index (κ1) is 13.5. The van der Waals surface area contributed by atoms with Gasteiger partial charge in [-0.1, -0.05) is 12.1 Å². The van der Waals surface area contributed by atoms with Crippen LogP contribution in [0.3, 0.4) is 0 Å². The summed E-state index contributed by atoms with van der Waals surface area (Å²) in [5.41, 5.74) is 0.903. The standard InChI is InChI=1S/C13H15BrFNO2/c1-18-13(17)10-5-6-16(8-10)7-9-3-2-4-11(15)12(9)14/h2-4,10H,5-8H2,1H3. The molecule has 3 nitrogen and oxygen atoms in total. The maximum atomic E-state index is 13.4. The van der Waals surface area contributed by atoms with Crippen molar-refractivity contribution in [2.45, 2.75) is 13.0 Å². The lowest BCUT2D eigenvalue weighted by Crippen LogP contribution is -2.23. The Bertz CT molecular complexity index is 453. The number of carbonyl (C=O) groups excluding carboxylic acids is 1. The van der Waals surface area contributed by atoms with E-state index < -0.39 is 0 Å². The van der Waals surface area contributed by atoms with Crippen LogP contribution in [0.2, 0.25) is 0 Å². The maximum Gasteiger partial charge on any atom is 0.310 e. The molecule has 18 heavy (non-hydrogen) atoms. The third kappa shape index (κ3) is 2.90. The highest BCUT2D eigenvalue weighted by Gasteiger charge is 2.29. The molecule has 0 aliphatic carbocycles. The molecule has 0 saturated carbocycles. The van der Waals surface area contributed by atoms with Crippen molar-refractivity contribution < 1.29 is 13.9 Å². The summed E-state index contributed by atoms with van der Waals surface area (Å²) in [7, 11) is 1.41. The lowest BCUT2D eigenvalue weighted by molar-refractivity contribution is -0.144. The second-order valence-electron chi connectivity index (χ2n) is 4.46. The Morgan fingerprint density at radius 1 is 1.61 bits per heavy atom. The number of benzene rings is 1. The molecule has 1 aliphatic rings. The average Bonchev–Trinajstić information content (AvgIpc) is 2.82. The molecule has 1 aromatic rings. The van der Waals surface area contributed by atoms with Crippen molar-refractivity contribution in [3.05, 3.63) is 34.1 Å². The Labute approximate surface area is 114 Å². The topological polar surface area (TPSA) is 29.5 Å². The molecule has 5 heteroatoms. The van der Waals surface area contributed by atoms with E-state index in [4.69, 9.17) is 4.74 Å². The van der Waals surface area contributed by atoms with Crippen molar-refractivity contribution in [1.82, 2.24) is 4.90 Å². The molecule has 0 radical (unpaired) electrons. The summed E-state index contributed by atoms with van der Waals surface area (Å²) < 4.78 is 18.6. The Kier molecular flexibility index (Phi) is 4.35. The Hall–Kier alpha value is -0.940. The number of methoxy groups -OCH3 is 1. The van der Waals surface area contributed by atoms with Gasteiger partial charge in [0.15, 0.2) is 0 Å². The lowest BCUT2D eigenvalue weighted by Gasteiger charge is -2.16. The molecule has 0 aromatic heterocycles. The van der Waals surface area contributed by atoms with Crippen LogP contribution in [0.1, 0.15) is 12.0 Å². The minimum absolute atomic E-state index is 0.0534. The molecule has 98 valence electrons. The number of hydrogen-bond donors (Lipinski definition) is 0. The first-order chi connectivity index (χ1) is 8.61. The lowest BCUT2D eigenvalue weighted by atomic mass is 10.1. The van der Waals surface area contributed by atoms with Crippen molar-refractivity contribution in [3.8, 4) is 0 Å². The molecule has 2 rings (SSSR count). The number of nitrogens with zero attached hydrogens (tertiary/aromatic N) is 1. The molecule has 1 heterocycles. The Balaban J connectivity index is 1.99. The van der Waals surface area contributed by atoms with Gasteiger partial charge in [0.2, 0.25) is 0 Å². The molecule has 0 spiro atoms. The van der Waals surface area contributed by atoms with E-state index in [0.29, 0.717) is 17.6 Å². The Morgan fingerprint density at radius 2 is 2.39 bits per heavy atom. The van der Waals surface area contributed by atoms with Crippen molar-refractivity contribution >= 4 is 21.9 Å². The molecule has 0 amide bonds. The predicted molar refractivity (Wildman–Crippen MR) is 69.5 cm³/mol. The summed E-state index contributed by atoms with van der Waals surface area (Å²) in [6.45, 7) is 2.16. The van der Waals surface area contributed by atoms with Gasteiger partial charge >= 0.3 is 5.97 Å². The minimum atomic E-state index is -0.254. The van der Waals surface area contributed by atoms with E-state index in [2.05, 4.69) is 20.8 Å². The molecule has 1 atom stereocenters. The summed E-state index contributed by atoms with van der Waals surface area (Å²) in [4.78, 5) is 13.6. The molecule has 1 saturated heterocycles. The summed E-state index contributed by atoms with van der Waals surface area (Å²) in [6.07, 6.45) is 0.805. The van der Waals surface area contributed by atoms with Crippen LogP contribution < -0.4 is 0 Å². The van der Waals surface area contributed by atoms with E-state index in [-0.39, 0.29) is 17.7 Å². The third-order valence-electron chi connectivity index (χ3n) is 3.23. The molecule has 1 unspecified atom stereocenters. The molecular formula is C13H15BrFNO2. The van der Waals surface area contributed by atoms with Gasteiger partial charge in [0, 0.05) is 13.1 Å². The summed E-state index contributed by atoms with van der Waals surface area (Å²) in [5, 5.41) is 0. The molecule has 0 N–H and O–H groups in total. The van der Waals surface area contributed by atoms with Crippen molar-refractivity contribution in [2.75, 3.05) is 20.2 Å². The first-order valence-corrected chi connectivity index (χ1v) is 6.64. The van der Waals surface area contributed by atoms with Gasteiger partial charge in [-0.15, -0.1) is 0 Å². The van der Waals surface area contributed by atoms with Gasteiger partial charge in [-0.25, -0.2) is 4.39 Å². The summed E-state index contributed by atoms with van der Waals surface area (Å²) in [5.74, 6) is -0.464. The highest BCUT2D eigenvalue weighted by molar-refractivity contribution is 9.10. The fourth-order valence-corrected chi connectivity index (χ4v) is 2.64. The SMILES string of the molecule is COC(=O)C1CCN(Cc2cccc(F)c2Br)C1. The zero-order chi connectivity index (χ0) is 13.1. The summed E-state index contributed by atoms with van der Waals surface area (Å²) >= 11 is 3.25. The molecule has 1 aliphatic heterocycles. The van der Waals surface area contributed by atoms with E-state index >= 15 is 0 Å². The van der Waals surface area contributed by atoms with Crippen LogP contribution in [0.15, 0.2) is 22.7 Å². The van der Waals surface area contributed by atoms with Gasteiger partial charge in [0.05, 0.1) is 17.5 Å². The van der Waals surface area contributed by atoms with Gasteiger partial charge in [-0.05, 0) is 40.5 Å². The largest absolute Gasteiger partial charge is 0.469 e. The molecule has 1 fully saturated rings. The van der Waals surface area contributed by atoms with E-state index in [1.807, 2.05) is 6.07 Å². The maximum absolute atomic E-state index is 13.4. The monoisotopic (exact) mass is 315 g/mol. The highest BCUT2D eigenvalue weighted by Crippen LogP contribution is 2.25. The van der Waals surface area contributed by atoms with Gasteiger partial charge in [0.1, 0.15) is 5.82 Å². The number of esters is 1. The Morgan fingerprint density at radius 3 is 3.11 bits per heavy atom. The first-order valence-electron chi connectivity index (χ1n) is 5.85. The fourth-order valence-electron chi connectivity index (χ4n) is 2.25. The van der Waals surface area contributed by atoms with E-state index in [1.54, 1.807) is 6.07 Å². The normalized spacial score (nSPS) is 20.1.